The molecule has 1 aromatic carbocycles. The number of benzene rings is 1. The van der Waals surface area contributed by atoms with Crippen molar-refractivity contribution in [1.82, 2.24) is 30.9 Å². The minimum atomic E-state index is -1.29. The summed E-state index contributed by atoms with van der Waals surface area (Å²) >= 11 is 0. The van der Waals surface area contributed by atoms with Gasteiger partial charge in [0.2, 0.25) is 17.7 Å². The van der Waals surface area contributed by atoms with Crippen molar-refractivity contribution in [3.05, 3.63) is 54.2 Å². The number of fused-ring (bicyclic) bond motifs is 1. The second kappa shape index (κ2) is 13.0. The van der Waals surface area contributed by atoms with E-state index in [4.69, 9.17) is 10.8 Å². The SMILES string of the molecule is NC(CCC(=O)O)C(=O)NCC(=O)NC(Cc1c[nH]c2ccccc12)C(=O)NC(Cc1cnc[nH]1)C(=O)O. The van der Waals surface area contributed by atoms with E-state index < -0.39 is 54.3 Å². The molecular formula is C24H29N7O7. The Labute approximate surface area is 216 Å². The molecule has 14 nitrogen and oxygen atoms in total. The molecule has 2 heterocycles. The van der Waals surface area contributed by atoms with Crippen molar-refractivity contribution in [3.8, 4) is 0 Å². The molecule has 0 saturated carbocycles. The summed E-state index contributed by atoms with van der Waals surface area (Å²) < 4.78 is 0. The zero-order valence-electron chi connectivity index (χ0n) is 20.3. The molecule has 0 radical (unpaired) electrons. The number of amides is 3. The minimum Gasteiger partial charge on any atom is -0.481 e. The van der Waals surface area contributed by atoms with Crippen LogP contribution in [-0.4, -0.2) is 79.5 Å². The zero-order valence-corrected chi connectivity index (χ0v) is 20.3. The number of nitrogens with one attached hydrogen (secondary N) is 5. The monoisotopic (exact) mass is 527 g/mol. The largest absolute Gasteiger partial charge is 0.481 e. The fourth-order valence-corrected chi connectivity index (χ4v) is 3.77. The molecule has 3 unspecified atom stereocenters. The van der Waals surface area contributed by atoms with Crippen molar-refractivity contribution in [1.29, 1.82) is 0 Å². The first-order chi connectivity index (χ1) is 18.1. The van der Waals surface area contributed by atoms with Crippen LogP contribution in [0.15, 0.2) is 43.0 Å². The lowest BCUT2D eigenvalue weighted by Crippen LogP contribution is -2.54. The number of carboxylic acid groups (broad SMARTS) is 2. The normalized spacial score (nSPS) is 13.3. The molecule has 3 aromatic rings. The van der Waals surface area contributed by atoms with Crippen molar-refractivity contribution < 1.29 is 34.2 Å². The number of aliphatic carboxylic acids is 2. The maximum atomic E-state index is 13.2. The van der Waals surface area contributed by atoms with Crippen LogP contribution in [0.2, 0.25) is 0 Å². The van der Waals surface area contributed by atoms with E-state index in [0.29, 0.717) is 11.3 Å². The molecule has 0 aliphatic rings. The summed E-state index contributed by atoms with van der Waals surface area (Å²) in [5.41, 5.74) is 7.67. The number of rotatable bonds is 14. The third-order valence-corrected chi connectivity index (χ3v) is 5.77. The van der Waals surface area contributed by atoms with Gasteiger partial charge in [-0.15, -0.1) is 0 Å². The number of carbonyl (C=O) groups excluding carboxylic acids is 3. The van der Waals surface area contributed by atoms with E-state index in [0.717, 1.165) is 10.9 Å². The molecule has 2 aromatic heterocycles. The van der Waals surface area contributed by atoms with Gasteiger partial charge >= 0.3 is 11.9 Å². The Morgan fingerprint density at radius 3 is 2.42 bits per heavy atom. The topological polar surface area (TPSA) is 232 Å². The Balaban J connectivity index is 1.70. The van der Waals surface area contributed by atoms with E-state index in [1.165, 1.54) is 12.5 Å². The lowest BCUT2D eigenvalue weighted by atomic mass is 10.0. The summed E-state index contributed by atoms with van der Waals surface area (Å²) in [5.74, 6) is -4.55. The van der Waals surface area contributed by atoms with E-state index in [1.807, 2.05) is 24.3 Å². The number of imidazole rings is 1. The molecule has 0 aliphatic carbocycles. The van der Waals surface area contributed by atoms with Gasteiger partial charge in [-0.2, -0.15) is 0 Å². The van der Waals surface area contributed by atoms with Gasteiger partial charge in [0.25, 0.3) is 0 Å². The van der Waals surface area contributed by atoms with Crippen LogP contribution in [0.1, 0.15) is 24.1 Å². The van der Waals surface area contributed by atoms with Gasteiger partial charge in [0.1, 0.15) is 12.1 Å². The first-order valence-electron chi connectivity index (χ1n) is 11.7. The second-order valence-electron chi connectivity index (χ2n) is 8.62. The summed E-state index contributed by atoms with van der Waals surface area (Å²) in [6, 6.07) is 3.76. The average molecular weight is 528 g/mol. The first kappa shape index (κ1) is 27.9. The molecule has 3 atom stereocenters. The summed E-state index contributed by atoms with van der Waals surface area (Å²) in [6.45, 7) is -0.520. The number of nitrogens with zero attached hydrogens (tertiary/aromatic N) is 1. The fraction of sp³-hybridized carbons (Fsp3) is 0.333. The zero-order chi connectivity index (χ0) is 27.7. The van der Waals surface area contributed by atoms with Gasteiger partial charge in [-0.1, -0.05) is 18.2 Å². The number of carboxylic acids is 2. The lowest BCUT2D eigenvalue weighted by Gasteiger charge is -2.21. The van der Waals surface area contributed by atoms with Crippen LogP contribution in [0, 0.1) is 0 Å². The van der Waals surface area contributed by atoms with E-state index in [1.54, 1.807) is 6.20 Å². The number of H-pyrrole nitrogens is 2. The fourth-order valence-electron chi connectivity index (χ4n) is 3.77. The van der Waals surface area contributed by atoms with Crippen molar-refractivity contribution in [2.75, 3.05) is 6.54 Å². The molecule has 3 amide bonds. The van der Waals surface area contributed by atoms with E-state index >= 15 is 0 Å². The molecular weight excluding hydrogens is 498 g/mol. The molecule has 3 rings (SSSR count). The molecule has 0 bridgehead atoms. The van der Waals surface area contributed by atoms with Crippen LogP contribution < -0.4 is 21.7 Å². The highest BCUT2D eigenvalue weighted by atomic mass is 16.4. The molecule has 9 N–H and O–H groups in total. The molecule has 0 fully saturated rings. The maximum absolute atomic E-state index is 13.2. The number of aromatic nitrogens is 3. The highest BCUT2D eigenvalue weighted by Gasteiger charge is 2.28. The van der Waals surface area contributed by atoms with Crippen LogP contribution in [0.3, 0.4) is 0 Å². The molecule has 202 valence electrons. The smallest absolute Gasteiger partial charge is 0.326 e. The molecule has 0 spiro atoms. The Bertz CT molecular complexity index is 1290. The van der Waals surface area contributed by atoms with Gasteiger partial charge in [-0.05, 0) is 18.1 Å². The van der Waals surface area contributed by atoms with Gasteiger partial charge in [0.15, 0.2) is 0 Å². The molecule has 14 heteroatoms. The quantitative estimate of drug-likeness (QED) is 0.129. The first-order valence-corrected chi connectivity index (χ1v) is 11.7. The van der Waals surface area contributed by atoms with Crippen LogP contribution in [-0.2, 0) is 36.8 Å². The van der Waals surface area contributed by atoms with Gasteiger partial charge in [0.05, 0.1) is 18.9 Å². The third kappa shape index (κ3) is 7.89. The number of para-hydroxylation sites is 1. The van der Waals surface area contributed by atoms with Crippen LogP contribution in [0.5, 0.6) is 0 Å². The van der Waals surface area contributed by atoms with Crippen molar-refractivity contribution >= 4 is 40.6 Å². The average Bonchev–Trinajstić information content (AvgIpc) is 3.55. The molecule has 0 aliphatic heterocycles. The van der Waals surface area contributed by atoms with Gasteiger partial charge in [-0.25, -0.2) is 9.78 Å². The van der Waals surface area contributed by atoms with E-state index in [-0.39, 0.29) is 25.7 Å². The maximum Gasteiger partial charge on any atom is 0.326 e. The standard InChI is InChI=1S/C24H29N7O7/c25-16(5-6-21(33)34)22(35)28-11-20(32)30-18(7-13-9-27-17-4-2-1-3-15(13)17)23(36)31-19(24(37)38)8-14-10-26-12-29-14/h1-4,9-10,12,16,18-19,27H,5-8,11,25H2,(H,26,29)(H,28,35)(H,30,32)(H,31,36)(H,33,34)(H,37,38). The number of aromatic amines is 2. The summed E-state index contributed by atoms with van der Waals surface area (Å²) in [5, 5.41) is 26.5. The second-order valence-corrected chi connectivity index (χ2v) is 8.62. The Kier molecular flexibility index (Phi) is 9.54. The van der Waals surface area contributed by atoms with E-state index in [2.05, 4.69) is 30.9 Å². The van der Waals surface area contributed by atoms with Crippen LogP contribution in [0.25, 0.3) is 10.9 Å². The number of carbonyl (C=O) groups is 5. The highest BCUT2D eigenvalue weighted by molar-refractivity contribution is 5.93. The number of hydrogen-bond acceptors (Lipinski definition) is 7. The van der Waals surface area contributed by atoms with Gasteiger partial charge in [0, 0.05) is 48.3 Å². The third-order valence-electron chi connectivity index (χ3n) is 5.77. The minimum absolute atomic E-state index is 0.0318. The Morgan fingerprint density at radius 1 is 0.974 bits per heavy atom. The number of hydrogen-bond donors (Lipinski definition) is 8. The van der Waals surface area contributed by atoms with Gasteiger partial charge < -0.3 is 41.9 Å². The predicted molar refractivity (Wildman–Crippen MR) is 134 cm³/mol. The number of nitrogens with two attached hydrogens (primary N) is 1. The van der Waals surface area contributed by atoms with Crippen molar-refractivity contribution in [3.63, 3.8) is 0 Å². The van der Waals surface area contributed by atoms with Crippen molar-refractivity contribution in [2.24, 2.45) is 5.73 Å². The van der Waals surface area contributed by atoms with Crippen molar-refractivity contribution in [2.45, 2.75) is 43.8 Å². The summed E-state index contributed by atoms with van der Waals surface area (Å²) in [4.78, 5) is 70.1. The van der Waals surface area contributed by atoms with E-state index in [9.17, 15) is 29.1 Å². The van der Waals surface area contributed by atoms with Crippen LogP contribution >= 0.6 is 0 Å². The van der Waals surface area contributed by atoms with Crippen LogP contribution in [0.4, 0.5) is 0 Å². The highest BCUT2D eigenvalue weighted by Crippen LogP contribution is 2.19. The summed E-state index contributed by atoms with van der Waals surface area (Å²) in [7, 11) is 0. The Morgan fingerprint density at radius 2 is 1.74 bits per heavy atom. The predicted octanol–water partition coefficient (Wildman–Crippen LogP) is -0.961. The lowest BCUT2D eigenvalue weighted by molar-refractivity contribution is -0.142. The molecule has 0 saturated heterocycles. The summed E-state index contributed by atoms with van der Waals surface area (Å²) in [6.07, 6.45) is 4.08. The Hall–Kier alpha value is -4.72. The van der Waals surface area contributed by atoms with Gasteiger partial charge in [-0.3, -0.25) is 19.2 Å². The molecule has 38 heavy (non-hydrogen) atoms.